The van der Waals surface area contributed by atoms with Crippen molar-refractivity contribution in [3.8, 4) is 0 Å². The molecule has 0 spiro atoms. The van der Waals surface area contributed by atoms with Gasteiger partial charge in [0.2, 0.25) is 17.7 Å². The summed E-state index contributed by atoms with van der Waals surface area (Å²) >= 11 is 0. The molecule has 1 saturated heterocycles. The van der Waals surface area contributed by atoms with Crippen molar-refractivity contribution < 1.29 is 14.4 Å². The molecule has 2 aliphatic carbocycles. The molecule has 0 radical (unpaired) electrons. The van der Waals surface area contributed by atoms with Gasteiger partial charge < -0.3 is 5.32 Å². The van der Waals surface area contributed by atoms with Gasteiger partial charge in [-0.3, -0.25) is 24.3 Å². The largest absolute Gasteiger partial charge is 0.349 e. The number of allylic oxidation sites excluding steroid dienone is 2. The summed E-state index contributed by atoms with van der Waals surface area (Å²) in [5.74, 6) is -0.874. The van der Waals surface area contributed by atoms with Gasteiger partial charge in [-0.1, -0.05) is 18.2 Å². The smallest absolute Gasteiger partial charge is 0.240 e. The van der Waals surface area contributed by atoms with Crippen LogP contribution in [0.2, 0.25) is 0 Å². The van der Waals surface area contributed by atoms with Crippen molar-refractivity contribution in [1.82, 2.24) is 15.2 Å². The third kappa shape index (κ3) is 2.25. The van der Waals surface area contributed by atoms with Gasteiger partial charge in [-0.05, 0) is 30.4 Å². The molecule has 118 valence electrons. The van der Waals surface area contributed by atoms with Crippen molar-refractivity contribution in [3.05, 3.63) is 42.2 Å². The number of fused-ring (bicyclic) bond motifs is 5. The Morgan fingerprint density at radius 1 is 1.17 bits per heavy atom. The average molecular weight is 311 g/mol. The molecule has 6 heteroatoms. The number of carbonyl (C=O) groups is 3. The van der Waals surface area contributed by atoms with Gasteiger partial charge in [0.15, 0.2) is 0 Å². The number of hydrogen-bond donors (Lipinski definition) is 1. The van der Waals surface area contributed by atoms with E-state index in [1.807, 2.05) is 18.2 Å². The zero-order valence-electron chi connectivity index (χ0n) is 12.5. The van der Waals surface area contributed by atoms with Gasteiger partial charge >= 0.3 is 0 Å². The Morgan fingerprint density at radius 2 is 1.87 bits per heavy atom. The average Bonchev–Trinajstić information content (AvgIpc) is 3.24. The fourth-order valence-corrected chi connectivity index (χ4v) is 4.01. The fraction of sp³-hybridized carbons (Fsp3) is 0.412. The van der Waals surface area contributed by atoms with E-state index >= 15 is 0 Å². The molecule has 2 bridgehead atoms. The van der Waals surface area contributed by atoms with Gasteiger partial charge in [0.1, 0.15) is 6.54 Å². The van der Waals surface area contributed by atoms with Crippen LogP contribution >= 0.6 is 0 Å². The molecule has 4 unspecified atom stereocenters. The number of aromatic nitrogens is 1. The van der Waals surface area contributed by atoms with Crippen molar-refractivity contribution in [2.75, 3.05) is 6.54 Å². The number of hydrogen-bond acceptors (Lipinski definition) is 4. The van der Waals surface area contributed by atoms with Crippen molar-refractivity contribution in [1.29, 1.82) is 0 Å². The first-order chi connectivity index (χ1) is 11.1. The molecule has 3 amide bonds. The molecule has 1 N–H and O–H groups in total. The van der Waals surface area contributed by atoms with Gasteiger partial charge in [-0.2, -0.15) is 0 Å². The van der Waals surface area contributed by atoms with Gasteiger partial charge in [0.05, 0.1) is 24.1 Å². The molecule has 0 aromatic carbocycles. The van der Waals surface area contributed by atoms with Crippen LogP contribution in [0.15, 0.2) is 36.5 Å². The van der Waals surface area contributed by atoms with Gasteiger partial charge in [0.25, 0.3) is 0 Å². The Bertz CT molecular complexity index is 670. The molecule has 23 heavy (non-hydrogen) atoms. The van der Waals surface area contributed by atoms with Crippen LogP contribution < -0.4 is 5.32 Å². The van der Waals surface area contributed by atoms with E-state index in [1.165, 1.54) is 0 Å². The second-order valence-electron chi connectivity index (χ2n) is 6.36. The van der Waals surface area contributed by atoms with Gasteiger partial charge in [0, 0.05) is 6.20 Å². The highest BCUT2D eigenvalue weighted by molar-refractivity contribution is 6.08. The van der Waals surface area contributed by atoms with Crippen LogP contribution in [0.25, 0.3) is 0 Å². The lowest BCUT2D eigenvalue weighted by Gasteiger charge is -2.16. The maximum atomic E-state index is 12.5. The molecule has 2 heterocycles. The molecule has 1 aliphatic heterocycles. The molecule has 4 rings (SSSR count). The number of likely N-dealkylation sites (tertiary alicyclic amines) is 1. The minimum Gasteiger partial charge on any atom is -0.349 e. The summed E-state index contributed by atoms with van der Waals surface area (Å²) in [7, 11) is 0. The SMILES string of the molecule is O=C(CN1C(=O)C2C3C=CC(C3)C2C1=O)NCc1ccccn1. The van der Waals surface area contributed by atoms with Crippen LogP contribution in [-0.4, -0.2) is 34.2 Å². The van der Waals surface area contributed by atoms with E-state index < -0.39 is 0 Å². The predicted octanol–water partition coefficient (Wildman–Crippen LogP) is 0.505. The molecule has 1 aromatic rings. The van der Waals surface area contributed by atoms with E-state index in [-0.39, 0.29) is 54.5 Å². The third-order valence-corrected chi connectivity index (χ3v) is 5.06. The molecule has 1 aromatic heterocycles. The summed E-state index contributed by atoms with van der Waals surface area (Å²) in [4.78, 5) is 42.3. The number of rotatable bonds is 4. The number of nitrogens with zero attached hydrogens (tertiary/aromatic N) is 2. The van der Waals surface area contributed by atoms with Crippen LogP contribution in [-0.2, 0) is 20.9 Å². The Balaban J connectivity index is 1.39. The number of amides is 3. The molecular weight excluding hydrogens is 294 g/mol. The van der Waals surface area contributed by atoms with Gasteiger partial charge in [-0.25, -0.2) is 0 Å². The van der Waals surface area contributed by atoms with Crippen molar-refractivity contribution in [2.45, 2.75) is 13.0 Å². The lowest BCUT2D eigenvalue weighted by atomic mass is 9.85. The first-order valence-corrected chi connectivity index (χ1v) is 7.85. The molecule has 6 nitrogen and oxygen atoms in total. The molecule has 2 fully saturated rings. The molecule has 3 aliphatic rings. The van der Waals surface area contributed by atoms with Crippen LogP contribution in [0.5, 0.6) is 0 Å². The summed E-state index contributed by atoms with van der Waals surface area (Å²) in [6, 6.07) is 5.44. The zero-order valence-corrected chi connectivity index (χ0v) is 12.5. The first kappa shape index (κ1) is 14.1. The highest BCUT2D eigenvalue weighted by Crippen LogP contribution is 2.52. The summed E-state index contributed by atoms with van der Waals surface area (Å²) in [5.41, 5.74) is 0.735. The van der Waals surface area contributed by atoms with Crippen molar-refractivity contribution >= 4 is 17.7 Å². The summed E-state index contributed by atoms with van der Waals surface area (Å²) in [5, 5.41) is 2.71. The van der Waals surface area contributed by atoms with E-state index in [0.29, 0.717) is 0 Å². The zero-order chi connectivity index (χ0) is 16.0. The third-order valence-electron chi connectivity index (χ3n) is 5.06. The monoisotopic (exact) mass is 311 g/mol. The second kappa shape index (κ2) is 5.30. The van der Waals surface area contributed by atoms with Gasteiger partial charge in [-0.15, -0.1) is 0 Å². The topological polar surface area (TPSA) is 79.4 Å². The summed E-state index contributed by atoms with van der Waals surface area (Å²) in [6.45, 7) is 0.0898. The first-order valence-electron chi connectivity index (χ1n) is 7.85. The highest BCUT2D eigenvalue weighted by atomic mass is 16.2. The van der Waals surface area contributed by atoms with E-state index in [4.69, 9.17) is 0 Å². The quantitative estimate of drug-likeness (QED) is 0.649. The van der Waals surface area contributed by atoms with Crippen LogP contribution in [0.4, 0.5) is 0 Å². The second-order valence-corrected chi connectivity index (χ2v) is 6.36. The van der Waals surface area contributed by atoms with E-state index in [0.717, 1.165) is 17.0 Å². The maximum absolute atomic E-state index is 12.5. The Morgan fingerprint density at radius 3 is 2.48 bits per heavy atom. The normalized spacial score (nSPS) is 30.9. The number of imide groups is 1. The minimum atomic E-state index is -0.336. The fourth-order valence-electron chi connectivity index (χ4n) is 4.01. The molecule has 4 atom stereocenters. The van der Waals surface area contributed by atoms with E-state index in [9.17, 15) is 14.4 Å². The minimum absolute atomic E-state index is 0.169. The number of nitrogens with one attached hydrogen (secondary N) is 1. The standard InChI is InChI=1S/C17H17N3O3/c21-13(19-8-12-3-1-2-6-18-12)9-20-16(22)14-10-4-5-11(7-10)15(14)17(20)23/h1-6,10-11,14-15H,7-9H2,(H,19,21). The van der Waals surface area contributed by atoms with Crippen LogP contribution in [0, 0.1) is 23.7 Å². The number of pyridine rings is 1. The predicted molar refractivity (Wildman–Crippen MR) is 80.5 cm³/mol. The Kier molecular flexibility index (Phi) is 3.25. The molecular formula is C17H17N3O3. The summed E-state index contributed by atoms with van der Waals surface area (Å²) < 4.78 is 0. The van der Waals surface area contributed by atoms with E-state index in [1.54, 1.807) is 18.3 Å². The number of carbonyl (C=O) groups excluding carboxylic acids is 3. The Hall–Kier alpha value is -2.50. The van der Waals surface area contributed by atoms with E-state index in [2.05, 4.69) is 10.3 Å². The van der Waals surface area contributed by atoms with Crippen molar-refractivity contribution in [2.24, 2.45) is 23.7 Å². The van der Waals surface area contributed by atoms with Crippen molar-refractivity contribution in [3.63, 3.8) is 0 Å². The lowest BCUT2D eigenvalue weighted by Crippen LogP contribution is -2.41. The Labute approximate surface area is 133 Å². The molecule has 1 saturated carbocycles. The lowest BCUT2D eigenvalue weighted by molar-refractivity contribution is -0.144. The summed E-state index contributed by atoms with van der Waals surface area (Å²) in [6.07, 6.45) is 6.63. The van der Waals surface area contributed by atoms with Crippen LogP contribution in [0.3, 0.4) is 0 Å². The van der Waals surface area contributed by atoms with Crippen LogP contribution in [0.1, 0.15) is 12.1 Å². The maximum Gasteiger partial charge on any atom is 0.240 e. The highest BCUT2D eigenvalue weighted by Gasteiger charge is 2.59.